The fourth-order valence-electron chi connectivity index (χ4n) is 2.43. The minimum atomic E-state index is 0.697. The number of aryl methyl sites for hydroxylation is 3. The minimum absolute atomic E-state index is 0.697. The largest absolute Gasteiger partial charge is 0.383 e. The Bertz CT molecular complexity index is 734. The van der Waals surface area contributed by atoms with Crippen molar-refractivity contribution in [1.29, 1.82) is 0 Å². The molecule has 4 heteroatoms. The van der Waals surface area contributed by atoms with Crippen molar-refractivity contribution >= 4 is 16.7 Å². The highest BCUT2D eigenvalue weighted by molar-refractivity contribution is 5.89. The van der Waals surface area contributed by atoms with E-state index in [-0.39, 0.29) is 0 Å². The molecule has 92 valence electrons. The third-order valence-electron chi connectivity index (χ3n) is 3.48. The zero-order valence-corrected chi connectivity index (χ0v) is 10.8. The summed E-state index contributed by atoms with van der Waals surface area (Å²) in [6.07, 6.45) is 3.95. The Hall–Kier alpha value is -2.23. The van der Waals surface area contributed by atoms with Gasteiger partial charge in [-0.3, -0.25) is 4.68 Å². The summed E-state index contributed by atoms with van der Waals surface area (Å²) in [4.78, 5) is 0. The number of hydrogen-bond acceptors (Lipinski definition) is 2. The minimum Gasteiger partial charge on any atom is -0.383 e. The van der Waals surface area contributed by atoms with Gasteiger partial charge in [0, 0.05) is 36.8 Å². The standard InChI is InChI=1S/C14H16N4/c1-9-8-17(2)13-5-4-10(6-11(9)13)12-7-16-18(3)14(12)15/h4-8H,15H2,1-3H3. The molecule has 0 unspecified atom stereocenters. The quantitative estimate of drug-likeness (QED) is 0.710. The zero-order valence-electron chi connectivity index (χ0n) is 10.8. The van der Waals surface area contributed by atoms with Crippen LogP contribution in [-0.4, -0.2) is 14.3 Å². The van der Waals surface area contributed by atoms with E-state index in [9.17, 15) is 0 Å². The Morgan fingerprint density at radius 2 is 2.00 bits per heavy atom. The molecule has 3 rings (SSSR count). The maximum absolute atomic E-state index is 6.02. The molecule has 0 amide bonds. The molecular formula is C14H16N4. The lowest BCUT2D eigenvalue weighted by molar-refractivity contribution is 0.779. The van der Waals surface area contributed by atoms with Gasteiger partial charge in [-0.1, -0.05) is 6.07 Å². The van der Waals surface area contributed by atoms with Crippen LogP contribution in [0.25, 0.3) is 22.0 Å². The average Bonchev–Trinajstić information content (AvgIpc) is 2.82. The van der Waals surface area contributed by atoms with E-state index < -0.39 is 0 Å². The topological polar surface area (TPSA) is 48.8 Å². The van der Waals surface area contributed by atoms with E-state index in [1.54, 1.807) is 4.68 Å². The monoisotopic (exact) mass is 240 g/mol. The molecule has 0 radical (unpaired) electrons. The lowest BCUT2D eigenvalue weighted by Crippen LogP contribution is -1.98. The summed E-state index contributed by atoms with van der Waals surface area (Å²) in [6.45, 7) is 2.12. The van der Waals surface area contributed by atoms with E-state index in [1.807, 2.05) is 13.2 Å². The van der Waals surface area contributed by atoms with Crippen LogP contribution in [-0.2, 0) is 14.1 Å². The molecule has 2 heterocycles. The average molecular weight is 240 g/mol. The van der Waals surface area contributed by atoms with Crippen LogP contribution >= 0.6 is 0 Å². The SMILES string of the molecule is Cc1cn(C)c2ccc(-c3cnn(C)c3N)cc12. The molecule has 2 N–H and O–H groups in total. The summed E-state index contributed by atoms with van der Waals surface area (Å²) >= 11 is 0. The lowest BCUT2D eigenvalue weighted by Gasteiger charge is -2.03. The van der Waals surface area contributed by atoms with Gasteiger partial charge in [0.05, 0.1) is 6.20 Å². The van der Waals surface area contributed by atoms with E-state index >= 15 is 0 Å². The van der Waals surface area contributed by atoms with Crippen molar-refractivity contribution in [3.05, 3.63) is 36.2 Å². The Kier molecular flexibility index (Phi) is 2.20. The summed E-state index contributed by atoms with van der Waals surface area (Å²) in [6, 6.07) is 6.40. The highest BCUT2D eigenvalue weighted by atomic mass is 15.3. The van der Waals surface area contributed by atoms with E-state index in [0.29, 0.717) is 5.82 Å². The number of nitrogens with two attached hydrogens (primary N) is 1. The van der Waals surface area contributed by atoms with Gasteiger partial charge in [-0.25, -0.2) is 0 Å². The van der Waals surface area contributed by atoms with Gasteiger partial charge in [-0.2, -0.15) is 5.10 Å². The molecule has 1 aromatic carbocycles. The maximum atomic E-state index is 6.02. The Morgan fingerprint density at radius 1 is 1.22 bits per heavy atom. The predicted molar refractivity (Wildman–Crippen MR) is 74.3 cm³/mol. The summed E-state index contributed by atoms with van der Waals surface area (Å²) in [5.41, 5.74) is 10.6. The number of benzene rings is 1. The number of nitrogens with zero attached hydrogens (tertiary/aromatic N) is 3. The van der Waals surface area contributed by atoms with Crippen LogP contribution in [0.1, 0.15) is 5.56 Å². The number of rotatable bonds is 1. The molecule has 2 aromatic heterocycles. The summed E-state index contributed by atoms with van der Waals surface area (Å²) in [7, 11) is 3.92. The van der Waals surface area contributed by atoms with Crippen LogP contribution in [0.3, 0.4) is 0 Å². The zero-order chi connectivity index (χ0) is 12.9. The number of nitrogen functional groups attached to an aromatic ring is 1. The fraction of sp³-hybridized carbons (Fsp3) is 0.214. The van der Waals surface area contributed by atoms with Crippen LogP contribution < -0.4 is 5.73 Å². The first-order chi connectivity index (χ1) is 8.58. The first kappa shape index (κ1) is 10.9. The van der Waals surface area contributed by atoms with Gasteiger partial charge in [0.1, 0.15) is 5.82 Å². The van der Waals surface area contributed by atoms with E-state index in [4.69, 9.17) is 5.73 Å². The van der Waals surface area contributed by atoms with Crippen molar-refractivity contribution in [2.24, 2.45) is 14.1 Å². The second kappa shape index (κ2) is 3.63. The van der Waals surface area contributed by atoms with Gasteiger partial charge in [0.15, 0.2) is 0 Å². The van der Waals surface area contributed by atoms with Crippen LogP contribution in [0, 0.1) is 6.92 Å². The second-order valence-electron chi connectivity index (χ2n) is 4.72. The third-order valence-corrected chi connectivity index (χ3v) is 3.48. The first-order valence-electron chi connectivity index (χ1n) is 5.91. The van der Waals surface area contributed by atoms with Crippen LogP contribution in [0.15, 0.2) is 30.6 Å². The Balaban J connectivity index is 2.25. The maximum Gasteiger partial charge on any atom is 0.129 e. The van der Waals surface area contributed by atoms with Crippen molar-refractivity contribution < 1.29 is 0 Å². The van der Waals surface area contributed by atoms with Crippen molar-refractivity contribution in [1.82, 2.24) is 14.3 Å². The van der Waals surface area contributed by atoms with Gasteiger partial charge < -0.3 is 10.3 Å². The number of fused-ring (bicyclic) bond motifs is 1. The molecule has 0 saturated heterocycles. The summed E-state index contributed by atoms with van der Waals surface area (Å²) in [5.74, 6) is 0.697. The summed E-state index contributed by atoms with van der Waals surface area (Å²) in [5, 5.41) is 5.45. The molecule has 0 bridgehead atoms. The molecule has 18 heavy (non-hydrogen) atoms. The molecule has 0 atom stereocenters. The highest BCUT2D eigenvalue weighted by Gasteiger charge is 2.10. The van der Waals surface area contributed by atoms with Crippen molar-refractivity contribution in [3.8, 4) is 11.1 Å². The smallest absolute Gasteiger partial charge is 0.129 e. The molecule has 0 aliphatic rings. The molecule has 0 fully saturated rings. The van der Waals surface area contributed by atoms with Gasteiger partial charge in [0.2, 0.25) is 0 Å². The van der Waals surface area contributed by atoms with Gasteiger partial charge >= 0.3 is 0 Å². The van der Waals surface area contributed by atoms with Crippen molar-refractivity contribution in [2.45, 2.75) is 6.92 Å². The van der Waals surface area contributed by atoms with E-state index in [1.165, 1.54) is 16.5 Å². The number of hydrogen-bond donors (Lipinski definition) is 1. The van der Waals surface area contributed by atoms with Crippen LogP contribution in [0.2, 0.25) is 0 Å². The highest BCUT2D eigenvalue weighted by Crippen LogP contribution is 2.30. The van der Waals surface area contributed by atoms with Crippen molar-refractivity contribution in [3.63, 3.8) is 0 Å². The molecular weight excluding hydrogens is 224 g/mol. The first-order valence-corrected chi connectivity index (χ1v) is 5.91. The molecule has 3 aromatic rings. The summed E-state index contributed by atoms with van der Waals surface area (Å²) < 4.78 is 3.83. The van der Waals surface area contributed by atoms with E-state index in [2.05, 4.69) is 48.0 Å². The number of anilines is 1. The third kappa shape index (κ3) is 1.42. The predicted octanol–water partition coefficient (Wildman–Crippen LogP) is 2.47. The van der Waals surface area contributed by atoms with Crippen LogP contribution in [0.4, 0.5) is 5.82 Å². The Morgan fingerprint density at radius 3 is 2.67 bits per heavy atom. The molecule has 0 aliphatic carbocycles. The second-order valence-corrected chi connectivity index (χ2v) is 4.72. The molecule has 0 saturated carbocycles. The van der Waals surface area contributed by atoms with Crippen LogP contribution in [0.5, 0.6) is 0 Å². The molecule has 4 nitrogen and oxygen atoms in total. The molecule has 0 spiro atoms. The Labute approximate surface area is 106 Å². The normalized spacial score (nSPS) is 11.3. The fourth-order valence-corrected chi connectivity index (χ4v) is 2.43. The van der Waals surface area contributed by atoms with Crippen molar-refractivity contribution in [2.75, 3.05) is 5.73 Å². The van der Waals surface area contributed by atoms with Gasteiger partial charge in [-0.05, 0) is 30.2 Å². The molecule has 0 aliphatic heterocycles. The number of aromatic nitrogens is 3. The van der Waals surface area contributed by atoms with Gasteiger partial charge in [0.25, 0.3) is 0 Å². The van der Waals surface area contributed by atoms with Gasteiger partial charge in [-0.15, -0.1) is 0 Å². The lowest BCUT2D eigenvalue weighted by atomic mass is 10.1. The van der Waals surface area contributed by atoms with E-state index in [0.717, 1.165) is 11.1 Å².